The minimum absolute atomic E-state index is 0. The molecule has 0 fully saturated rings. The Kier molecular flexibility index (Phi) is 42.9. The molecule has 11 aromatic heterocycles. The van der Waals surface area contributed by atoms with Crippen LogP contribution >= 0.6 is 0 Å². The number of allylic oxidation sites excluding steroid dienone is 2. The molecule has 4 N–H and O–H groups in total. The van der Waals surface area contributed by atoms with Crippen molar-refractivity contribution in [1.82, 2.24) is 54.8 Å². The van der Waals surface area contributed by atoms with E-state index in [1.54, 1.807) is 37.2 Å². The second-order valence-electron chi connectivity index (χ2n) is 27.7. The van der Waals surface area contributed by atoms with Gasteiger partial charge in [0.25, 0.3) is 0 Å². The first kappa shape index (κ1) is 104. The topological polar surface area (TPSA) is 305 Å². The van der Waals surface area contributed by atoms with Crippen LogP contribution < -0.4 is 0 Å². The summed E-state index contributed by atoms with van der Waals surface area (Å²) in [4.78, 5) is 87.8. The van der Waals surface area contributed by atoms with E-state index >= 15 is 0 Å². The summed E-state index contributed by atoms with van der Waals surface area (Å²) in [7, 11) is 0. The fourth-order valence-electron chi connectivity index (χ4n) is 12.3. The molecule has 24 heteroatoms. The molecule has 8 aromatic carbocycles. The fourth-order valence-corrected chi connectivity index (χ4v) is 12.3. The molecular weight excluding hydrogens is 2410 g/mol. The van der Waals surface area contributed by atoms with Crippen LogP contribution in [-0.2, 0) is 80.4 Å². The maximum atomic E-state index is 10.3. The maximum Gasteiger partial charge on any atom is 3.00 e. The molecule has 1 aliphatic heterocycles. The van der Waals surface area contributed by atoms with Gasteiger partial charge in [-0.3, -0.25) is 39.9 Å². The average molecular weight is 2490 g/mol. The van der Waals surface area contributed by atoms with E-state index in [0.717, 1.165) is 142 Å². The van der Waals surface area contributed by atoms with Crippen LogP contribution in [0, 0.1) is 48.5 Å². The first-order valence-electron chi connectivity index (χ1n) is 41.1. The van der Waals surface area contributed by atoms with Crippen LogP contribution in [-0.4, -0.2) is 106 Å². The quantitative estimate of drug-likeness (QED) is 0.0653. The molecule has 136 heavy (non-hydrogen) atoms. The molecule has 0 saturated carbocycles. The van der Waals surface area contributed by atoms with E-state index in [2.05, 4.69) is 121 Å². The van der Waals surface area contributed by atoms with E-state index in [1.807, 2.05) is 346 Å². The van der Waals surface area contributed by atoms with Crippen LogP contribution in [0.5, 0.6) is 0 Å². The molecule has 0 saturated heterocycles. The van der Waals surface area contributed by atoms with E-state index in [-0.39, 0.29) is 103 Å². The van der Waals surface area contributed by atoms with Gasteiger partial charge in [0.05, 0.1) is 34.2 Å². The molecular formula is C112H77Ir4N12O8-6. The number of aromatic nitrogens is 11. The summed E-state index contributed by atoms with van der Waals surface area (Å²) in [6, 6.07) is 144. The minimum Gasteiger partial charge on any atom is -0.679 e. The number of hydrogen-bond donors (Lipinski definition) is 4. The zero-order chi connectivity index (χ0) is 91.5. The molecule has 675 valence electrons. The first-order chi connectivity index (χ1) is 64.8. The molecule has 12 heterocycles. The van der Waals surface area contributed by atoms with Crippen molar-refractivity contribution >= 4 is 29.6 Å². The molecule has 0 aliphatic carbocycles. The van der Waals surface area contributed by atoms with Crippen molar-refractivity contribution in [3.8, 4) is 124 Å². The Labute approximate surface area is 841 Å². The van der Waals surface area contributed by atoms with Gasteiger partial charge < -0.3 is 25.7 Å². The Hall–Kier alpha value is -15.8. The Balaban J connectivity index is 0.000000174. The summed E-state index contributed by atoms with van der Waals surface area (Å²) >= 11 is 0. The first-order valence-corrected chi connectivity index (χ1v) is 41.1. The van der Waals surface area contributed by atoms with Gasteiger partial charge in [0.1, 0.15) is 22.8 Å². The van der Waals surface area contributed by atoms with Gasteiger partial charge in [0.2, 0.25) is 0 Å². The fraction of sp³-hybridized carbons (Fsp3) is 0.00893. The van der Waals surface area contributed by atoms with Crippen molar-refractivity contribution in [2.24, 2.45) is 0 Å². The van der Waals surface area contributed by atoms with E-state index in [4.69, 9.17) is 20.4 Å². The van der Waals surface area contributed by atoms with Crippen LogP contribution in [0.25, 0.3) is 135 Å². The van der Waals surface area contributed by atoms with Gasteiger partial charge in [-0.1, -0.05) is 120 Å². The summed E-state index contributed by atoms with van der Waals surface area (Å²) in [5.74, 6) is -4.95. The van der Waals surface area contributed by atoms with E-state index < -0.39 is 23.9 Å². The Bertz CT molecular complexity index is 5870. The molecule has 0 bridgehead atoms. The molecule has 19 aromatic rings. The molecule has 20 rings (SSSR count). The number of benzene rings is 8. The molecule has 1 aliphatic rings. The molecule has 20 nitrogen and oxygen atoms in total. The van der Waals surface area contributed by atoms with Crippen LogP contribution in [0.4, 0.5) is 0 Å². The van der Waals surface area contributed by atoms with Gasteiger partial charge in [-0.2, -0.15) is 103 Å². The third-order valence-corrected chi connectivity index (χ3v) is 18.6. The van der Waals surface area contributed by atoms with Crippen molar-refractivity contribution in [2.45, 2.75) is 0 Å². The number of carboxylic acid groups (broad SMARTS) is 4. The van der Waals surface area contributed by atoms with Crippen molar-refractivity contribution < 1.29 is 120 Å². The van der Waals surface area contributed by atoms with Crippen molar-refractivity contribution in [3.05, 3.63) is 514 Å². The SMILES string of the molecule is C1=CC[N-]C(c2cccc(-c3ccccn3)n2)=C1.O=C(O)c1cccc(C(=O)O)n1.O=C(O)c1cccc(C(=O)O)n1.[Ir+3].[Ir].[Ir].[Ir].[c-]1c(-c2ccccn2)cccc1-c1ccccn1.[c-]1ccccc1-c1[c-]c(-c2[c-]cccc2)ccc1.[c-]1ccccc1-c1[c-]c(-c2ccccn2)ccc1.[c-]1ccccc1-c1cccc(-c2ccccn2)n1.[c-]1ccccc1-c1cccc(-c2ccccn2)n1. The molecule has 0 amide bonds. The van der Waals surface area contributed by atoms with Gasteiger partial charge in [-0.15, -0.1) is 156 Å². The van der Waals surface area contributed by atoms with Crippen LogP contribution in [0.1, 0.15) is 47.6 Å². The summed E-state index contributed by atoms with van der Waals surface area (Å²) in [5.41, 5.74) is 22.0. The van der Waals surface area contributed by atoms with Crippen LogP contribution in [0.2, 0.25) is 0 Å². The molecule has 0 atom stereocenters. The van der Waals surface area contributed by atoms with Crippen LogP contribution in [0.15, 0.2) is 432 Å². The predicted octanol–water partition coefficient (Wildman–Crippen LogP) is 23.6. The van der Waals surface area contributed by atoms with Crippen molar-refractivity contribution in [1.29, 1.82) is 0 Å². The molecule has 0 unspecified atom stereocenters. The van der Waals surface area contributed by atoms with E-state index in [1.165, 1.54) is 36.4 Å². The van der Waals surface area contributed by atoms with E-state index in [9.17, 15) is 19.2 Å². The van der Waals surface area contributed by atoms with Crippen molar-refractivity contribution in [3.63, 3.8) is 0 Å². The standard InChI is InChI=1S/C18H11.C17H11N.3C16H11N2.C15H12N3.2C7H5NO4.4Ir/c1-3-8-15(9-4-1)17-12-7-13-18(14-17)16-10-5-2-6-11-16;1-2-7-14(8-3-1)15-9-6-10-16(13-15)17-11-4-5-12-18-17;1-3-10-17-15(8-1)13-6-5-7-14(12-13)16-9-2-4-11-18-16;2*1-2-7-13(8-3-1)14-10-6-11-16(18-14)15-9-4-5-12-17-15;1-3-10-16-12(6-1)14-8-5-9-15(18-14)13-7-2-4-11-17-13;2*9-6(10)4-2-1-3-5(8-4)7(11)12;;;;/h1-8,10,12-13H;1-7,9-12H;1-11H;2*1-7,9-12H;1-10H,11H2;2*1-3H,(H,9,10)(H,11,12);;;;/q-3;-2;4*-1;;;;;;+3. The maximum absolute atomic E-state index is 10.3. The largest absolute Gasteiger partial charge is 3.00 e. The predicted molar refractivity (Wildman–Crippen MR) is 511 cm³/mol. The number of aromatic carboxylic acids is 4. The number of nitrogens with zero attached hydrogens (tertiary/aromatic N) is 12. The normalized spacial score (nSPS) is 10.2. The third kappa shape index (κ3) is 32.3. The van der Waals surface area contributed by atoms with E-state index in [0.29, 0.717) is 0 Å². The Morgan fingerprint density at radius 2 is 0.456 bits per heavy atom. The van der Waals surface area contributed by atoms with Crippen LogP contribution in [0.3, 0.4) is 0 Å². The monoisotopic (exact) mass is 2490 g/mol. The number of hydrogen-bond acceptors (Lipinski definition) is 15. The summed E-state index contributed by atoms with van der Waals surface area (Å²) in [5, 5.41) is 38.2. The van der Waals surface area contributed by atoms with Gasteiger partial charge in [0.15, 0.2) is 0 Å². The number of pyridine rings is 11. The third-order valence-electron chi connectivity index (χ3n) is 18.6. The molecule has 0 spiro atoms. The van der Waals surface area contributed by atoms with Crippen molar-refractivity contribution in [2.75, 3.05) is 6.54 Å². The number of carbonyl (C=O) groups is 4. The summed E-state index contributed by atoms with van der Waals surface area (Å²) in [6.45, 7) is 0.724. The average Bonchev–Trinajstić information content (AvgIpc) is 0.855. The van der Waals surface area contributed by atoms with Gasteiger partial charge in [-0.25, -0.2) is 68.0 Å². The second-order valence-corrected chi connectivity index (χ2v) is 27.7. The number of rotatable bonds is 16. The Morgan fingerprint density at radius 1 is 0.228 bits per heavy atom. The van der Waals surface area contributed by atoms with Gasteiger partial charge in [0, 0.05) is 120 Å². The van der Waals surface area contributed by atoms with Gasteiger partial charge in [-0.05, 0) is 115 Å². The summed E-state index contributed by atoms with van der Waals surface area (Å²) in [6.07, 6.45) is 16.7. The zero-order valence-corrected chi connectivity index (χ0v) is 81.4. The Morgan fingerprint density at radius 3 is 0.728 bits per heavy atom. The second kappa shape index (κ2) is 56.1. The summed E-state index contributed by atoms with van der Waals surface area (Å²) < 4.78 is 0. The minimum atomic E-state index is -1.24. The smallest absolute Gasteiger partial charge is 0.679 e. The zero-order valence-electron chi connectivity index (χ0n) is 71.8. The van der Waals surface area contributed by atoms with Gasteiger partial charge >= 0.3 is 44.0 Å². The number of carboxylic acids is 4. The molecule has 3 radical (unpaired) electrons.